The molecule has 0 saturated carbocycles. The van der Waals surface area contributed by atoms with Gasteiger partial charge in [-0.05, 0) is 48.4 Å². The summed E-state index contributed by atoms with van der Waals surface area (Å²) in [5.74, 6) is 0.529. The van der Waals surface area contributed by atoms with Crippen LogP contribution in [0.2, 0.25) is 0 Å². The first kappa shape index (κ1) is 18.6. The lowest BCUT2D eigenvalue weighted by molar-refractivity contribution is 0.00754. The van der Waals surface area contributed by atoms with Crippen molar-refractivity contribution in [3.8, 4) is 11.1 Å². The van der Waals surface area contributed by atoms with E-state index in [2.05, 4.69) is 53.4 Å². The molecule has 2 aromatic carbocycles. The van der Waals surface area contributed by atoms with E-state index in [1.807, 2.05) is 17.9 Å². The molecule has 0 aliphatic carbocycles. The summed E-state index contributed by atoms with van der Waals surface area (Å²) in [6.45, 7) is 3.98. The smallest absolute Gasteiger partial charge is 0.410 e. The van der Waals surface area contributed by atoms with Crippen molar-refractivity contribution in [3.05, 3.63) is 60.2 Å². The third-order valence-electron chi connectivity index (χ3n) is 6.82. The number of carbonyl (C=O) groups excluding carboxylic acids is 1. The highest BCUT2D eigenvalue weighted by Crippen LogP contribution is 2.46. The molecule has 0 aromatic heterocycles. The predicted molar refractivity (Wildman–Crippen MR) is 111 cm³/mol. The van der Waals surface area contributed by atoms with E-state index in [9.17, 15) is 9.90 Å². The molecule has 3 heterocycles. The molecule has 1 amide bonds. The minimum absolute atomic E-state index is 0.0106. The van der Waals surface area contributed by atoms with Gasteiger partial charge in [-0.15, -0.1) is 0 Å². The molecular weight excluding hydrogens is 364 g/mol. The summed E-state index contributed by atoms with van der Waals surface area (Å²) in [5.41, 5.74) is 3.66. The minimum Gasteiger partial charge on any atom is -0.450 e. The molecule has 5 rings (SSSR count). The summed E-state index contributed by atoms with van der Waals surface area (Å²) >= 11 is 0. The molecule has 3 aliphatic heterocycles. The molecular formula is C24H28N2O3. The monoisotopic (exact) mass is 392 g/mol. The van der Waals surface area contributed by atoms with Crippen LogP contribution in [0.5, 0.6) is 0 Å². The highest BCUT2D eigenvalue weighted by molar-refractivity contribution is 5.70. The average molecular weight is 392 g/mol. The van der Waals surface area contributed by atoms with E-state index in [1.165, 1.54) is 16.7 Å². The Morgan fingerprint density at radius 3 is 2.62 bits per heavy atom. The zero-order chi connectivity index (χ0) is 20.0. The van der Waals surface area contributed by atoms with Crippen molar-refractivity contribution in [2.24, 2.45) is 5.92 Å². The molecule has 2 aromatic rings. The number of ether oxygens (including phenoxy) is 1. The second kappa shape index (κ2) is 7.47. The van der Waals surface area contributed by atoms with Gasteiger partial charge in [-0.1, -0.05) is 48.5 Å². The van der Waals surface area contributed by atoms with Crippen LogP contribution < -0.4 is 0 Å². The lowest BCUT2D eigenvalue weighted by atomic mass is 9.86. The molecule has 5 atom stereocenters. The van der Waals surface area contributed by atoms with Crippen molar-refractivity contribution in [1.29, 1.82) is 0 Å². The van der Waals surface area contributed by atoms with Crippen molar-refractivity contribution >= 4 is 6.09 Å². The normalized spacial score (nSPS) is 30.6. The second-order valence-corrected chi connectivity index (χ2v) is 8.56. The summed E-state index contributed by atoms with van der Waals surface area (Å²) in [5, 5.41) is 11.1. The van der Waals surface area contributed by atoms with E-state index in [0.29, 0.717) is 12.5 Å². The van der Waals surface area contributed by atoms with E-state index < -0.39 is 6.10 Å². The fraction of sp³-hybridized carbons (Fsp3) is 0.458. The van der Waals surface area contributed by atoms with Crippen LogP contribution in [0.15, 0.2) is 54.6 Å². The first-order valence-electron chi connectivity index (χ1n) is 10.7. The average Bonchev–Trinajstić information content (AvgIpc) is 2.84. The Kier molecular flexibility index (Phi) is 4.80. The van der Waals surface area contributed by atoms with Crippen LogP contribution in [0.1, 0.15) is 25.3 Å². The lowest BCUT2D eigenvalue weighted by Gasteiger charge is -2.46. The fourth-order valence-electron chi connectivity index (χ4n) is 5.73. The van der Waals surface area contributed by atoms with Crippen LogP contribution in [-0.2, 0) is 11.3 Å². The number of hydrogen-bond donors (Lipinski definition) is 1. The number of hydrogen-bond acceptors (Lipinski definition) is 4. The Labute approximate surface area is 171 Å². The van der Waals surface area contributed by atoms with Crippen LogP contribution in [0.25, 0.3) is 11.1 Å². The third-order valence-corrected chi connectivity index (χ3v) is 6.82. The number of fused-ring (bicyclic) bond motifs is 2. The van der Waals surface area contributed by atoms with Crippen molar-refractivity contribution < 1.29 is 14.6 Å². The Morgan fingerprint density at radius 1 is 1.07 bits per heavy atom. The van der Waals surface area contributed by atoms with Gasteiger partial charge in [0.1, 0.15) is 0 Å². The van der Waals surface area contributed by atoms with E-state index in [-0.39, 0.29) is 24.2 Å². The molecule has 29 heavy (non-hydrogen) atoms. The topological polar surface area (TPSA) is 53.0 Å². The summed E-state index contributed by atoms with van der Waals surface area (Å²) in [6.07, 6.45) is 1.06. The van der Waals surface area contributed by atoms with Gasteiger partial charge in [0.05, 0.1) is 30.8 Å². The van der Waals surface area contributed by atoms with Gasteiger partial charge in [0.25, 0.3) is 0 Å². The highest BCUT2D eigenvalue weighted by atomic mass is 16.6. The van der Waals surface area contributed by atoms with E-state index in [1.54, 1.807) is 0 Å². The molecule has 0 spiro atoms. The number of aliphatic hydroxyl groups excluding tert-OH is 1. The molecule has 3 aliphatic rings. The number of likely N-dealkylation sites (tertiary alicyclic amines) is 1. The van der Waals surface area contributed by atoms with Gasteiger partial charge >= 0.3 is 6.09 Å². The first-order chi connectivity index (χ1) is 14.2. The van der Waals surface area contributed by atoms with Crippen molar-refractivity contribution in [3.63, 3.8) is 0 Å². The van der Waals surface area contributed by atoms with Gasteiger partial charge in [-0.3, -0.25) is 9.80 Å². The summed E-state index contributed by atoms with van der Waals surface area (Å²) in [6, 6.07) is 19.0. The zero-order valence-electron chi connectivity index (χ0n) is 16.8. The standard InChI is InChI=1S/C24H28N2O3/c1-2-29-24(28)26-20-12-17-13-21(26)23(27)22(20)25(15-17)14-16-7-6-10-19(11-16)18-8-4-3-5-9-18/h3-11,17,20-23,27H,2,12-15H2,1H3/t17?,20?,21?,22?,23-/m0/s1. The van der Waals surface area contributed by atoms with Gasteiger partial charge < -0.3 is 9.84 Å². The lowest BCUT2D eigenvalue weighted by Crippen LogP contribution is -2.57. The number of aliphatic hydroxyl groups is 1. The van der Waals surface area contributed by atoms with E-state index >= 15 is 0 Å². The Hall–Kier alpha value is -2.37. The third kappa shape index (κ3) is 3.22. The number of carbonyl (C=O) groups is 1. The maximum absolute atomic E-state index is 12.5. The summed E-state index contributed by atoms with van der Waals surface area (Å²) in [4.78, 5) is 16.8. The molecule has 3 bridgehead atoms. The van der Waals surface area contributed by atoms with Crippen LogP contribution in [0.3, 0.4) is 0 Å². The fourth-order valence-corrected chi connectivity index (χ4v) is 5.73. The SMILES string of the molecule is CCOC(=O)N1C2CC3CC1[C@H](O)C2N(Cc1cccc(-c2ccccc2)c1)C3. The zero-order valence-corrected chi connectivity index (χ0v) is 16.8. The number of amides is 1. The number of benzene rings is 2. The quantitative estimate of drug-likeness (QED) is 0.865. The van der Waals surface area contributed by atoms with Gasteiger partial charge in [-0.2, -0.15) is 0 Å². The van der Waals surface area contributed by atoms with Gasteiger partial charge in [-0.25, -0.2) is 4.79 Å². The maximum atomic E-state index is 12.5. The molecule has 3 saturated heterocycles. The molecule has 1 N–H and O–H groups in total. The number of rotatable bonds is 4. The van der Waals surface area contributed by atoms with Crippen LogP contribution >= 0.6 is 0 Å². The molecule has 5 heteroatoms. The van der Waals surface area contributed by atoms with Crippen LogP contribution in [0.4, 0.5) is 4.79 Å². The van der Waals surface area contributed by atoms with Gasteiger partial charge in [0, 0.05) is 13.1 Å². The van der Waals surface area contributed by atoms with E-state index in [0.717, 1.165) is 25.9 Å². The summed E-state index contributed by atoms with van der Waals surface area (Å²) < 4.78 is 5.29. The molecule has 5 nitrogen and oxygen atoms in total. The van der Waals surface area contributed by atoms with Crippen molar-refractivity contribution in [2.75, 3.05) is 13.2 Å². The predicted octanol–water partition coefficient (Wildman–Crippen LogP) is 3.52. The summed E-state index contributed by atoms with van der Waals surface area (Å²) in [7, 11) is 0. The van der Waals surface area contributed by atoms with E-state index in [4.69, 9.17) is 4.74 Å². The van der Waals surface area contributed by atoms with Crippen LogP contribution in [-0.4, -0.2) is 58.4 Å². The van der Waals surface area contributed by atoms with Crippen LogP contribution in [0, 0.1) is 5.92 Å². The first-order valence-corrected chi connectivity index (χ1v) is 10.7. The molecule has 3 fully saturated rings. The largest absolute Gasteiger partial charge is 0.450 e. The Balaban J connectivity index is 1.39. The maximum Gasteiger partial charge on any atom is 0.410 e. The van der Waals surface area contributed by atoms with Gasteiger partial charge in [0.2, 0.25) is 0 Å². The Bertz CT molecular complexity index is 887. The molecule has 4 unspecified atom stereocenters. The molecule has 0 radical (unpaired) electrons. The minimum atomic E-state index is -0.505. The highest BCUT2D eigenvalue weighted by Gasteiger charge is 2.59. The Morgan fingerprint density at radius 2 is 1.83 bits per heavy atom. The van der Waals surface area contributed by atoms with Crippen molar-refractivity contribution in [2.45, 2.75) is 50.5 Å². The number of piperidine rings is 2. The van der Waals surface area contributed by atoms with Crippen molar-refractivity contribution in [1.82, 2.24) is 9.80 Å². The molecule has 152 valence electrons. The van der Waals surface area contributed by atoms with Gasteiger partial charge in [0.15, 0.2) is 0 Å². The second-order valence-electron chi connectivity index (χ2n) is 8.56. The number of nitrogens with zero attached hydrogens (tertiary/aromatic N) is 2.